The molecule has 1 aromatic heterocycles. The van der Waals surface area contributed by atoms with Gasteiger partial charge in [0.25, 0.3) is 0 Å². The minimum Gasteiger partial charge on any atom is -0.490 e. The Balaban J connectivity index is 2.34. The van der Waals surface area contributed by atoms with Gasteiger partial charge in [0, 0.05) is 17.8 Å². The first-order chi connectivity index (χ1) is 11.5. The maximum absolute atomic E-state index is 14.3. The third-order valence-corrected chi connectivity index (χ3v) is 3.93. The van der Waals surface area contributed by atoms with E-state index in [9.17, 15) is 14.5 Å². The number of nitro groups is 1. The molecule has 8 heteroatoms. The summed E-state index contributed by atoms with van der Waals surface area (Å²) in [5.74, 6) is -0.705. The van der Waals surface area contributed by atoms with Crippen molar-refractivity contribution in [2.75, 3.05) is 12.4 Å². The van der Waals surface area contributed by atoms with Gasteiger partial charge < -0.3 is 10.1 Å². The average molecular weight is 350 g/mol. The lowest BCUT2D eigenvalue weighted by molar-refractivity contribution is -0.385. The first-order valence-corrected chi connectivity index (χ1v) is 7.89. The fourth-order valence-corrected chi connectivity index (χ4v) is 2.51. The Morgan fingerprint density at radius 3 is 2.52 bits per heavy atom. The molecule has 0 bridgehead atoms. The monoisotopic (exact) mass is 350 g/mol. The van der Waals surface area contributed by atoms with Gasteiger partial charge in [-0.3, -0.25) is 14.8 Å². The predicted octanol–water partition coefficient (Wildman–Crippen LogP) is 4.18. The van der Waals surface area contributed by atoms with E-state index >= 15 is 0 Å². The molecule has 0 saturated carbocycles. The number of nitrogens with zero attached hydrogens (tertiary/aromatic N) is 3. The van der Waals surface area contributed by atoms with Gasteiger partial charge >= 0.3 is 5.69 Å². The second kappa shape index (κ2) is 6.70. The molecular formula is C17H23FN4O3. The molecule has 2 rings (SSSR count). The minimum absolute atomic E-state index is 0.00297. The highest BCUT2D eigenvalue weighted by Gasteiger charge is 2.22. The highest BCUT2D eigenvalue weighted by molar-refractivity contribution is 5.59. The van der Waals surface area contributed by atoms with E-state index in [-0.39, 0.29) is 23.0 Å². The summed E-state index contributed by atoms with van der Waals surface area (Å²) in [4.78, 5) is 10.3. The Morgan fingerprint density at radius 1 is 1.40 bits per heavy atom. The Morgan fingerprint density at radius 2 is 2.04 bits per heavy atom. The lowest BCUT2D eigenvalue weighted by Gasteiger charge is -2.19. The SMILES string of the molecule is COc1cc(NC(C)c2cn(C(C)(C)C)nc2C)c(F)cc1[N+](=O)[O-]. The lowest BCUT2D eigenvalue weighted by Crippen LogP contribution is -2.22. The Hall–Kier alpha value is -2.64. The number of nitro benzene ring substituents is 1. The molecule has 25 heavy (non-hydrogen) atoms. The van der Waals surface area contributed by atoms with E-state index in [2.05, 4.69) is 10.4 Å². The van der Waals surface area contributed by atoms with E-state index < -0.39 is 16.4 Å². The number of ether oxygens (including phenoxy) is 1. The molecule has 0 aliphatic rings. The van der Waals surface area contributed by atoms with E-state index in [0.29, 0.717) is 0 Å². The second-order valence-corrected chi connectivity index (χ2v) is 6.91. The van der Waals surface area contributed by atoms with Gasteiger partial charge in [0.15, 0.2) is 11.6 Å². The van der Waals surface area contributed by atoms with Gasteiger partial charge in [-0.25, -0.2) is 4.39 Å². The van der Waals surface area contributed by atoms with E-state index in [0.717, 1.165) is 17.3 Å². The molecule has 1 heterocycles. The van der Waals surface area contributed by atoms with Gasteiger partial charge in [-0.1, -0.05) is 0 Å². The summed E-state index contributed by atoms with van der Waals surface area (Å²) in [6.45, 7) is 9.90. The zero-order valence-corrected chi connectivity index (χ0v) is 15.3. The molecule has 0 radical (unpaired) electrons. The molecule has 7 nitrogen and oxygen atoms in total. The summed E-state index contributed by atoms with van der Waals surface area (Å²) < 4.78 is 21.1. The van der Waals surface area contributed by atoms with Crippen LogP contribution >= 0.6 is 0 Å². The van der Waals surface area contributed by atoms with Crippen LogP contribution in [0.25, 0.3) is 0 Å². The molecular weight excluding hydrogens is 327 g/mol. The standard InChI is InChI=1S/C17H23FN4O3/c1-10(12-9-21(17(3,4)5)20-11(12)2)19-14-8-16(25-6)15(22(23)24)7-13(14)18/h7-10,19H,1-6H3. The van der Waals surface area contributed by atoms with Crippen molar-refractivity contribution in [1.29, 1.82) is 0 Å². The van der Waals surface area contributed by atoms with Crippen LogP contribution in [0.5, 0.6) is 5.75 Å². The summed E-state index contributed by atoms with van der Waals surface area (Å²) in [6, 6.07) is 1.92. The number of methoxy groups -OCH3 is 1. The topological polar surface area (TPSA) is 82.2 Å². The van der Waals surface area contributed by atoms with Crippen molar-refractivity contribution >= 4 is 11.4 Å². The average Bonchev–Trinajstić information content (AvgIpc) is 2.90. The van der Waals surface area contributed by atoms with Crippen molar-refractivity contribution in [3.63, 3.8) is 0 Å². The predicted molar refractivity (Wildman–Crippen MR) is 93.6 cm³/mol. The van der Waals surface area contributed by atoms with Crippen molar-refractivity contribution in [2.24, 2.45) is 0 Å². The molecule has 1 unspecified atom stereocenters. The van der Waals surface area contributed by atoms with Gasteiger partial charge in [-0.05, 0) is 34.6 Å². The number of nitrogens with one attached hydrogen (secondary N) is 1. The molecule has 1 aromatic carbocycles. The quantitative estimate of drug-likeness (QED) is 0.646. The van der Waals surface area contributed by atoms with E-state index in [1.54, 1.807) is 0 Å². The lowest BCUT2D eigenvalue weighted by atomic mass is 10.1. The molecule has 1 N–H and O–H groups in total. The van der Waals surface area contributed by atoms with E-state index in [1.807, 2.05) is 45.5 Å². The number of anilines is 1. The van der Waals surface area contributed by atoms with Crippen LogP contribution in [0.15, 0.2) is 18.3 Å². The van der Waals surface area contributed by atoms with Crippen LogP contribution in [-0.4, -0.2) is 21.8 Å². The van der Waals surface area contributed by atoms with Crippen molar-refractivity contribution in [3.05, 3.63) is 45.5 Å². The maximum Gasteiger partial charge on any atom is 0.313 e. The van der Waals surface area contributed by atoms with Gasteiger partial charge in [-0.15, -0.1) is 0 Å². The third kappa shape index (κ3) is 3.89. The van der Waals surface area contributed by atoms with Crippen LogP contribution in [0, 0.1) is 22.9 Å². The van der Waals surface area contributed by atoms with Crippen LogP contribution in [0.4, 0.5) is 15.8 Å². The minimum atomic E-state index is -0.708. The first kappa shape index (κ1) is 18.7. The molecule has 0 spiro atoms. The number of hydrogen-bond donors (Lipinski definition) is 1. The molecule has 136 valence electrons. The zero-order valence-electron chi connectivity index (χ0n) is 15.3. The molecule has 2 aromatic rings. The highest BCUT2D eigenvalue weighted by atomic mass is 19.1. The van der Waals surface area contributed by atoms with Gasteiger partial charge in [-0.2, -0.15) is 5.10 Å². The number of benzene rings is 1. The Bertz CT molecular complexity index is 796. The molecule has 0 aliphatic carbocycles. The number of halogens is 1. The zero-order chi connectivity index (χ0) is 18.9. The van der Waals surface area contributed by atoms with Crippen LogP contribution in [0.2, 0.25) is 0 Å². The number of rotatable bonds is 5. The van der Waals surface area contributed by atoms with Crippen LogP contribution in [0.3, 0.4) is 0 Å². The van der Waals surface area contributed by atoms with Crippen LogP contribution < -0.4 is 10.1 Å². The van der Waals surface area contributed by atoms with E-state index in [4.69, 9.17) is 4.74 Å². The maximum atomic E-state index is 14.3. The first-order valence-electron chi connectivity index (χ1n) is 7.89. The van der Waals surface area contributed by atoms with Crippen molar-refractivity contribution in [1.82, 2.24) is 9.78 Å². The second-order valence-electron chi connectivity index (χ2n) is 6.91. The van der Waals surface area contributed by atoms with Crippen LogP contribution in [0.1, 0.15) is 45.0 Å². The summed E-state index contributed by atoms with van der Waals surface area (Å²) in [7, 11) is 1.31. The molecule has 0 fully saturated rings. The molecule has 0 saturated heterocycles. The van der Waals surface area contributed by atoms with Crippen molar-refractivity contribution < 1.29 is 14.1 Å². The number of hydrogen-bond acceptors (Lipinski definition) is 5. The normalized spacial score (nSPS) is 12.8. The largest absolute Gasteiger partial charge is 0.490 e. The molecule has 0 aliphatic heterocycles. The number of aromatic nitrogens is 2. The van der Waals surface area contributed by atoms with E-state index in [1.165, 1.54) is 13.2 Å². The Kier molecular flexibility index (Phi) is 5.01. The highest BCUT2D eigenvalue weighted by Crippen LogP contribution is 2.34. The third-order valence-electron chi connectivity index (χ3n) is 3.93. The summed E-state index contributed by atoms with van der Waals surface area (Å²) >= 11 is 0. The van der Waals surface area contributed by atoms with Crippen molar-refractivity contribution in [2.45, 2.75) is 46.2 Å². The number of aryl methyl sites for hydroxylation is 1. The molecule has 1 atom stereocenters. The fraction of sp³-hybridized carbons (Fsp3) is 0.471. The van der Waals surface area contributed by atoms with Gasteiger partial charge in [0.2, 0.25) is 0 Å². The fourth-order valence-electron chi connectivity index (χ4n) is 2.51. The van der Waals surface area contributed by atoms with Crippen molar-refractivity contribution in [3.8, 4) is 5.75 Å². The summed E-state index contributed by atoms with van der Waals surface area (Å²) in [6.07, 6.45) is 1.92. The summed E-state index contributed by atoms with van der Waals surface area (Å²) in [5, 5.41) is 18.5. The molecule has 0 amide bonds. The smallest absolute Gasteiger partial charge is 0.313 e. The Labute approximate surface area is 145 Å². The summed E-state index contributed by atoms with van der Waals surface area (Å²) in [5.41, 5.74) is 1.33. The van der Waals surface area contributed by atoms with Crippen LogP contribution in [-0.2, 0) is 5.54 Å². The van der Waals surface area contributed by atoms with Gasteiger partial charge in [0.05, 0.1) is 41.1 Å². The van der Waals surface area contributed by atoms with Gasteiger partial charge in [0.1, 0.15) is 0 Å².